The molecule has 33 heavy (non-hydrogen) atoms. The minimum atomic E-state index is -0.330. The van der Waals surface area contributed by atoms with Gasteiger partial charge in [0, 0.05) is 23.5 Å². The SMILES string of the molecule is N#Cc1ccc(-c2cccnc2)cc1Oc1cccc(C(=O)Nc2nc3ccccc3[nH]2)c1. The molecule has 2 N–H and O–H groups in total. The highest BCUT2D eigenvalue weighted by Gasteiger charge is 2.12. The Morgan fingerprint density at radius 3 is 2.70 bits per heavy atom. The van der Waals surface area contributed by atoms with Crippen LogP contribution in [0.5, 0.6) is 11.5 Å². The van der Waals surface area contributed by atoms with Gasteiger partial charge in [-0.3, -0.25) is 15.1 Å². The number of hydrogen-bond donors (Lipinski definition) is 2. The van der Waals surface area contributed by atoms with Gasteiger partial charge in [0.2, 0.25) is 5.95 Å². The first-order valence-electron chi connectivity index (χ1n) is 10.2. The van der Waals surface area contributed by atoms with Gasteiger partial charge in [-0.05, 0) is 54.1 Å². The van der Waals surface area contributed by atoms with Gasteiger partial charge in [-0.25, -0.2) is 4.98 Å². The number of para-hydroxylation sites is 2. The highest BCUT2D eigenvalue weighted by atomic mass is 16.5. The summed E-state index contributed by atoms with van der Waals surface area (Å²) in [6.45, 7) is 0. The van der Waals surface area contributed by atoms with Crippen LogP contribution in [0.25, 0.3) is 22.2 Å². The number of nitrogens with zero attached hydrogens (tertiary/aromatic N) is 3. The van der Waals surface area contributed by atoms with Gasteiger partial charge in [0.1, 0.15) is 17.6 Å². The number of carbonyl (C=O) groups excluding carboxylic acids is 1. The van der Waals surface area contributed by atoms with Crippen molar-refractivity contribution in [3.05, 3.63) is 102 Å². The van der Waals surface area contributed by atoms with E-state index >= 15 is 0 Å². The predicted molar refractivity (Wildman–Crippen MR) is 125 cm³/mol. The Bertz CT molecular complexity index is 1470. The van der Waals surface area contributed by atoms with Crippen molar-refractivity contribution in [1.29, 1.82) is 5.26 Å². The molecule has 0 saturated carbocycles. The van der Waals surface area contributed by atoms with Crippen molar-refractivity contribution < 1.29 is 9.53 Å². The number of aromatic nitrogens is 3. The van der Waals surface area contributed by atoms with Crippen molar-refractivity contribution in [2.75, 3.05) is 5.32 Å². The van der Waals surface area contributed by atoms with E-state index in [4.69, 9.17) is 4.74 Å². The van der Waals surface area contributed by atoms with Gasteiger partial charge in [-0.2, -0.15) is 5.26 Å². The smallest absolute Gasteiger partial charge is 0.258 e. The molecule has 158 valence electrons. The Hall–Kier alpha value is -4.96. The monoisotopic (exact) mass is 431 g/mol. The Balaban J connectivity index is 1.39. The summed E-state index contributed by atoms with van der Waals surface area (Å²) in [6, 6.07) is 25.5. The molecule has 7 nitrogen and oxygen atoms in total. The molecule has 0 saturated heterocycles. The van der Waals surface area contributed by atoms with Gasteiger partial charge in [0.25, 0.3) is 5.91 Å². The molecule has 0 aliphatic rings. The van der Waals surface area contributed by atoms with Crippen LogP contribution in [-0.2, 0) is 0 Å². The molecule has 0 unspecified atom stereocenters. The van der Waals surface area contributed by atoms with Gasteiger partial charge < -0.3 is 9.72 Å². The van der Waals surface area contributed by atoms with Gasteiger partial charge in [0.05, 0.1) is 16.6 Å². The lowest BCUT2D eigenvalue weighted by Gasteiger charge is -2.11. The molecule has 5 rings (SSSR count). The van der Waals surface area contributed by atoms with Crippen molar-refractivity contribution >= 4 is 22.9 Å². The summed E-state index contributed by atoms with van der Waals surface area (Å²) in [5.74, 6) is 0.869. The predicted octanol–water partition coefficient (Wildman–Crippen LogP) is 5.54. The highest BCUT2D eigenvalue weighted by Crippen LogP contribution is 2.31. The van der Waals surface area contributed by atoms with Gasteiger partial charge in [-0.1, -0.05) is 30.3 Å². The maximum absolute atomic E-state index is 12.8. The number of ether oxygens (including phenoxy) is 1. The van der Waals surface area contributed by atoms with Crippen LogP contribution in [0.1, 0.15) is 15.9 Å². The van der Waals surface area contributed by atoms with Crippen molar-refractivity contribution in [3.8, 4) is 28.7 Å². The molecular weight excluding hydrogens is 414 g/mol. The first-order chi connectivity index (χ1) is 16.2. The van der Waals surface area contributed by atoms with Crippen LogP contribution < -0.4 is 10.1 Å². The van der Waals surface area contributed by atoms with E-state index < -0.39 is 0 Å². The third kappa shape index (κ3) is 4.27. The number of aromatic amines is 1. The molecule has 7 heteroatoms. The summed E-state index contributed by atoms with van der Waals surface area (Å²) in [7, 11) is 0. The average Bonchev–Trinajstić information content (AvgIpc) is 3.27. The maximum atomic E-state index is 12.8. The number of pyridine rings is 1. The van der Waals surface area contributed by atoms with Crippen LogP contribution in [0.2, 0.25) is 0 Å². The summed E-state index contributed by atoms with van der Waals surface area (Å²) >= 11 is 0. The topological polar surface area (TPSA) is 104 Å². The first kappa shape index (κ1) is 20.0. The lowest BCUT2D eigenvalue weighted by atomic mass is 10.1. The molecule has 0 bridgehead atoms. The van der Waals surface area contributed by atoms with E-state index in [1.807, 2.05) is 42.5 Å². The molecule has 0 fully saturated rings. The molecule has 2 heterocycles. The third-order valence-corrected chi connectivity index (χ3v) is 5.04. The number of amides is 1. The Labute approximate surface area is 189 Å². The first-order valence-corrected chi connectivity index (χ1v) is 10.2. The third-order valence-electron chi connectivity index (χ3n) is 5.04. The number of rotatable bonds is 5. The Morgan fingerprint density at radius 1 is 0.970 bits per heavy atom. The van der Waals surface area contributed by atoms with E-state index in [0.29, 0.717) is 28.6 Å². The minimum absolute atomic E-state index is 0.330. The number of anilines is 1. The Kier molecular flexibility index (Phi) is 5.23. The second kappa shape index (κ2) is 8.65. The van der Waals surface area contributed by atoms with Gasteiger partial charge in [0.15, 0.2) is 0 Å². The minimum Gasteiger partial charge on any atom is -0.456 e. The molecule has 0 atom stereocenters. The zero-order valence-electron chi connectivity index (χ0n) is 17.3. The molecule has 0 aliphatic heterocycles. The number of H-pyrrole nitrogens is 1. The normalized spacial score (nSPS) is 10.5. The summed E-state index contributed by atoms with van der Waals surface area (Å²) in [5.41, 5.74) is 4.17. The van der Waals surface area contributed by atoms with E-state index in [0.717, 1.165) is 22.2 Å². The van der Waals surface area contributed by atoms with E-state index in [-0.39, 0.29) is 5.91 Å². The summed E-state index contributed by atoms with van der Waals surface area (Å²) in [4.78, 5) is 24.4. The zero-order chi connectivity index (χ0) is 22.6. The quantitative estimate of drug-likeness (QED) is 0.380. The van der Waals surface area contributed by atoms with Crippen LogP contribution >= 0.6 is 0 Å². The van der Waals surface area contributed by atoms with Crippen LogP contribution in [0.4, 0.5) is 5.95 Å². The number of imidazole rings is 1. The van der Waals surface area contributed by atoms with Crippen molar-refractivity contribution in [2.45, 2.75) is 0 Å². The van der Waals surface area contributed by atoms with Crippen LogP contribution in [0.3, 0.4) is 0 Å². The zero-order valence-corrected chi connectivity index (χ0v) is 17.3. The van der Waals surface area contributed by atoms with Crippen molar-refractivity contribution in [1.82, 2.24) is 15.0 Å². The molecule has 0 spiro atoms. The van der Waals surface area contributed by atoms with Crippen LogP contribution in [0, 0.1) is 11.3 Å². The molecule has 2 aromatic heterocycles. The summed E-state index contributed by atoms with van der Waals surface area (Å²) in [6.07, 6.45) is 3.45. The molecule has 1 amide bonds. The second-order valence-electron chi connectivity index (χ2n) is 7.25. The molecular formula is C26H17N5O2. The number of fused-ring (bicyclic) bond motifs is 1. The summed E-state index contributed by atoms with van der Waals surface area (Å²) in [5, 5.41) is 12.3. The fourth-order valence-corrected chi connectivity index (χ4v) is 3.43. The number of nitrogens with one attached hydrogen (secondary N) is 2. The maximum Gasteiger partial charge on any atom is 0.258 e. The van der Waals surface area contributed by atoms with E-state index in [2.05, 4.69) is 26.3 Å². The molecule has 5 aromatic rings. The number of hydrogen-bond acceptors (Lipinski definition) is 5. The second-order valence-corrected chi connectivity index (χ2v) is 7.25. The van der Waals surface area contributed by atoms with Gasteiger partial charge >= 0.3 is 0 Å². The van der Waals surface area contributed by atoms with E-state index in [1.54, 1.807) is 48.8 Å². The van der Waals surface area contributed by atoms with Crippen molar-refractivity contribution in [3.63, 3.8) is 0 Å². The molecule has 3 aromatic carbocycles. The van der Waals surface area contributed by atoms with Crippen LogP contribution in [0.15, 0.2) is 91.3 Å². The number of carbonyl (C=O) groups is 1. The molecule has 0 aliphatic carbocycles. The largest absolute Gasteiger partial charge is 0.456 e. The van der Waals surface area contributed by atoms with Crippen molar-refractivity contribution in [2.24, 2.45) is 0 Å². The average molecular weight is 431 g/mol. The van der Waals surface area contributed by atoms with Crippen LogP contribution in [-0.4, -0.2) is 20.9 Å². The van der Waals surface area contributed by atoms with E-state index in [9.17, 15) is 10.1 Å². The lowest BCUT2D eigenvalue weighted by Crippen LogP contribution is -2.12. The number of benzene rings is 3. The lowest BCUT2D eigenvalue weighted by molar-refractivity contribution is 0.102. The van der Waals surface area contributed by atoms with Gasteiger partial charge in [-0.15, -0.1) is 0 Å². The fourth-order valence-electron chi connectivity index (χ4n) is 3.43. The number of nitriles is 1. The fraction of sp³-hybridized carbons (Fsp3) is 0. The standard InChI is InChI=1S/C26H17N5O2/c27-15-19-11-10-17(20-6-4-12-28-16-20)14-24(19)33-21-7-3-5-18(13-21)25(32)31-26-29-22-8-1-2-9-23(22)30-26/h1-14,16H,(H2,29,30,31,32). The summed E-state index contributed by atoms with van der Waals surface area (Å²) < 4.78 is 6.01. The Morgan fingerprint density at radius 2 is 1.88 bits per heavy atom. The highest BCUT2D eigenvalue weighted by molar-refractivity contribution is 6.04. The molecule has 0 radical (unpaired) electrons. The van der Waals surface area contributed by atoms with E-state index in [1.165, 1.54) is 0 Å².